The molecule has 3 aliphatic rings. The van der Waals surface area contributed by atoms with Gasteiger partial charge in [0.15, 0.2) is 0 Å². The molecule has 3 rings (SSSR count). The van der Waals surface area contributed by atoms with E-state index < -0.39 is 0 Å². The van der Waals surface area contributed by atoms with Crippen LogP contribution < -0.4 is 5.32 Å². The molecule has 2 bridgehead atoms. The topological polar surface area (TPSA) is 15.3 Å². The highest BCUT2D eigenvalue weighted by Crippen LogP contribution is 2.48. The normalized spacial score (nSPS) is 37.9. The van der Waals surface area contributed by atoms with E-state index in [1.165, 1.54) is 45.2 Å². The Hall–Kier alpha value is -0.0800. The summed E-state index contributed by atoms with van der Waals surface area (Å²) in [6, 6.07) is 0.749. The van der Waals surface area contributed by atoms with Crippen LogP contribution in [0.4, 0.5) is 0 Å². The van der Waals surface area contributed by atoms with E-state index in [0.29, 0.717) is 0 Å². The van der Waals surface area contributed by atoms with Crippen LogP contribution in [0.3, 0.4) is 0 Å². The fourth-order valence-electron chi connectivity index (χ4n) is 4.39. The van der Waals surface area contributed by atoms with Gasteiger partial charge >= 0.3 is 0 Å². The number of rotatable bonds is 6. The van der Waals surface area contributed by atoms with Gasteiger partial charge in [-0.3, -0.25) is 0 Å². The zero-order valence-electron chi connectivity index (χ0n) is 11.5. The maximum Gasteiger partial charge on any atom is 0.0220 e. The van der Waals surface area contributed by atoms with Gasteiger partial charge in [0.2, 0.25) is 0 Å². The molecule has 0 aliphatic heterocycles. The largest absolute Gasteiger partial charge is 0.315 e. The molecule has 2 nitrogen and oxygen atoms in total. The molecule has 3 saturated carbocycles. The number of nitrogens with one attached hydrogen (secondary N) is 1. The number of fused-ring (bicyclic) bond motifs is 2. The zero-order chi connectivity index (χ0) is 11.8. The summed E-state index contributed by atoms with van der Waals surface area (Å²) in [7, 11) is 4.47. The highest BCUT2D eigenvalue weighted by atomic mass is 15.1. The Morgan fingerprint density at radius 3 is 2.53 bits per heavy atom. The third-order valence-corrected chi connectivity index (χ3v) is 5.50. The van der Waals surface area contributed by atoms with Gasteiger partial charge in [-0.2, -0.15) is 0 Å². The molecule has 0 saturated heterocycles. The molecule has 0 radical (unpaired) electrons. The standard InChI is InChI=1S/C15H28N2/c1-16-15(12-5-6-12)10-17(2)9-14-8-11-3-4-13(14)7-11/h11-16H,3-10H2,1-2H3. The first-order valence-electron chi connectivity index (χ1n) is 7.62. The lowest BCUT2D eigenvalue weighted by atomic mass is 9.88. The first-order chi connectivity index (χ1) is 8.26. The summed E-state index contributed by atoms with van der Waals surface area (Å²) >= 11 is 0. The molecule has 2 heteroatoms. The molecule has 1 N–H and O–H groups in total. The van der Waals surface area contributed by atoms with Crippen molar-refractivity contribution in [3.63, 3.8) is 0 Å². The quantitative estimate of drug-likeness (QED) is 0.761. The highest BCUT2D eigenvalue weighted by molar-refractivity contribution is 4.92. The van der Waals surface area contributed by atoms with Gasteiger partial charge in [-0.1, -0.05) is 6.42 Å². The average Bonchev–Trinajstić information content (AvgIpc) is 2.96. The van der Waals surface area contributed by atoms with E-state index in [2.05, 4.69) is 24.3 Å². The van der Waals surface area contributed by atoms with Crippen LogP contribution in [0, 0.1) is 23.7 Å². The Morgan fingerprint density at radius 1 is 1.18 bits per heavy atom. The minimum absolute atomic E-state index is 0.749. The Balaban J connectivity index is 1.44. The average molecular weight is 236 g/mol. The van der Waals surface area contributed by atoms with Crippen LogP contribution in [0.15, 0.2) is 0 Å². The molecule has 3 aliphatic carbocycles. The van der Waals surface area contributed by atoms with Crippen molar-refractivity contribution in [2.75, 3.05) is 27.2 Å². The van der Waals surface area contributed by atoms with Crippen molar-refractivity contribution in [3.05, 3.63) is 0 Å². The fraction of sp³-hybridized carbons (Fsp3) is 1.00. The minimum atomic E-state index is 0.749. The van der Waals surface area contributed by atoms with Gasteiger partial charge in [-0.25, -0.2) is 0 Å². The van der Waals surface area contributed by atoms with Crippen LogP contribution in [0.25, 0.3) is 0 Å². The van der Waals surface area contributed by atoms with Crippen molar-refractivity contribution in [1.29, 1.82) is 0 Å². The first kappa shape index (κ1) is 12.0. The molecule has 0 aromatic carbocycles. The van der Waals surface area contributed by atoms with Crippen LogP contribution in [0.2, 0.25) is 0 Å². The summed E-state index contributed by atoms with van der Waals surface area (Å²) in [5.41, 5.74) is 0. The molecule has 0 heterocycles. The van der Waals surface area contributed by atoms with Crippen LogP contribution in [0.5, 0.6) is 0 Å². The van der Waals surface area contributed by atoms with Crippen molar-refractivity contribution in [2.24, 2.45) is 23.7 Å². The van der Waals surface area contributed by atoms with E-state index in [1.54, 1.807) is 6.42 Å². The number of nitrogens with zero attached hydrogens (tertiary/aromatic N) is 1. The SMILES string of the molecule is CNC(CN(C)CC1CC2CCC1C2)C1CC1. The molecule has 0 spiro atoms. The Labute approximate surface area is 106 Å². The van der Waals surface area contributed by atoms with E-state index in [4.69, 9.17) is 0 Å². The maximum absolute atomic E-state index is 3.51. The summed E-state index contributed by atoms with van der Waals surface area (Å²) in [5, 5.41) is 3.51. The third kappa shape index (κ3) is 2.68. The summed E-state index contributed by atoms with van der Waals surface area (Å²) in [6.07, 6.45) is 9.05. The van der Waals surface area contributed by atoms with Gasteiger partial charge in [0.1, 0.15) is 0 Å². The molecule has 0 amide bonds. The van der Waals surface area contributed by atoms with E-state index in [0.717, 1.165) is 29.7 Å². The Kier molecular flexibility index (Phi) is 3.45. The summed E-state index contributed by atoms with van der Waals surface area (Å²) < 4.78 is 0. The summed E-state index contributed by atoms with van der Waals surface area (Å²) in [6.45, 7) is 2.61. The van der Waals surface area contributed by atoms with Crippen molar-refractivity contribution in [3.8, 4) is 0 Å². The number of hydrogen-bond acceptors (Lipinski definition) is 2. The van der Waals surface area contributed by atoms with Gasteiger partial charge in [0, 0.05) is 19.1 Å². The van der Waals surface area contributed by atoms with Gasteiger partial charge in [0.25, 0.3) is 0 Å². The first-order valence-corrected chi connectivity index (χ1v) is 7.62. The van der Waals surface area contributed by atoms with E-state index in [-0.39, 0.29) is 0 Å². The van der Waals surface area contributed by atoms with Crippen molar-refractivity contribution in [2.45, 2.75) is 44.6 Å². The molecule has 17 heavy (non-hydrogen) atoms. The van der Waals surface area contributed by atoms with E-state index in [9.17, 15) is 0 Å². The van der Waals surface area contributed by atoms with Gasteiger partial charge in [-0.15, -0.1) is 0 Å². The van der Waals surface area contributed by atoms with Gasteiger partial charge in [0.05, 0.1) is 0 Å². The smallest absolute Gasteiger partial charge is 0.0220 e. The van der Waals surface area contributed by atoms with Crippen molar-refractivity contribution >= 4 is 0 Å². The van der Waals surface area contributed by atoms with E-state index >= 15 is 0 Å². The van der Waals surface area contributed by atoms with Crippen LogP contribution in [-0.2, 0) is 0 Å². The lowest BCUT2D eigenvalue weighted by Gasteiger charge is -2.29. The Morgan fingerprint density at radius 2 is 2.00 bits per heavy atom. The molecule has 0 aromatic rings. The molecule has 4 atom stereocenters. The summed E-state index contributed by atoms with van der Waals surface area (Å²) in [5.74, 6) is 4.18. The molecular weight excluding hydrogens is 208 g/mol. The second-order valence-electron chi connectivity index (χ2n) is 6.89. The Bertz CT molecular complexity index is 262. The second-order valence-corrected chi connectivity index (χ2v) is 6.89. The van der Waals surface area contributed by atoms with E-state index in [1.807, 2.05) is 0 Å². The molecule has 4 unspecified atom stereocenters. The zero-order valence-corrected chi connectivity index (χ0v) is 11.5. The molecule has 98 valence electrons. The monoisotopic (exact) mass is 236 g/mol. The van der Waals surface area contributed by atoms with Gasteiger partial charge < -0.3 is 10.2 Å². The minimum Gasteiger partial charge on any atom is -0.315 e. The summed E-state index contributed by atoms with van der Waals surface area (Å²) in [4.78, 5) is 2.60. The molecule has 3 fully saturated rings. The van der Waals surface area contributed by atoms with Crippen LogP contribution >= 0.6 is 0 Å². The maximum atomic E-state index is 3.51. The number of hydrogen-bond donors (Lipinski definition) is 1. The predicted molar refractivity (Wildman–Crippen MR) is 72.0 cm³/mol. The fourth-order valence-corrected chi connectivity index (χ4v) is 4.39. The van der Waals surface area contributed by atoms with Crippen LogP contribution in [0.1, 0.15) is 38.5 Å². The second kappa shape index (κ2) is 4.89. The predicted octanol–water partition coefficient (Wildman–Crippen LogP) is 2.35. The molecule has 0 aromatic heterocycles. The lowest BCUT2D eigenvalue weighted by molar-refractivity contribution is 0.201. The van der Waals surface area contributed by atoms with Crippen molar-refractivity contribution in [1.82, 2.24) is 10.2 Å². The van der Waals surface area contributed by atoms with Crippen LogP contribution in [-0.4, -0.2) is 38.1 Å². The molecular formula is C15H28N2. The number of likely N-dealkylation sites (N-methyl/N-ethyl adjacent to an activating group) is 2. The van der Waals surface area contributed by atoms with Gasteiger partial charge in [-0.05, 0) is 69.9 Å². The van der Waals surface area contributed by atoms with Crippen molar-refractivity contribution < 1.29 is 0 Å². The highest BCUT2D eigenvalue weighted by Gasteiger charge is 2.40. The third-order valence-electron chi connectivity index (χ3n) is 5.50. The lowest BCUT2D eigenvalue weighted by Crippen LogP contribution is -2.41.